The fourth-order valence-electron chi connectivity index (χ4n) is 1.83. The average molecular weight is 341 g/mol. The molecule has 0 saturated carbocycles. The standard InChI is InChI=1S/C14H13F2N3O3S/c15-10-1-5-12(6-2-10)19(9-14(20)18-17)23(21,22)13-7-3-11(16)4-8-13/h1-8H,9,17H2,(H,18,20). The lowest BCUT2D eigenvalue weighted by atomic mass is 10.3. The van der Waals surface area contributed by atoms with E-state index in [1.54, 1.807) is 0 Å². The van der Waals surface area contributed by atoms with Crippen LogP contribution in [0.1, 0.15) is 0 Å². The Hall–Kier alpha value is -2.52. The number of halogens is 2. The third kappa shape index (κ3) is 3.82. The number of nitrogens with one attached hydrogen (secondary N) is 1. The highest BCUT2D eigenvalue weighted by atomic mass is 32.2. The van der Waals surface area contributed by atoms with Gasteiger partial charge in [0.2, 0.25) is 0 Å². The van der Waals surface area contributed by atoms with Gasteiger partial charge in [0.05, 0.1) is 10.6 Å². The number of carbonyl (C=O) groups is 1. The molecule has 3 N–H and O–H groups in total. The zero-order valence-electron chi connectivity index (χ0n) is 11.7. The van der Waals surface area contributed by atoms with Crippen molar-refractivity contribution in [3.05, 3.63) is 60.2 Å². The van der Waals surface area contributed by atoms with Crippen molar-refractivity contribution in [3.8, 4) is 0 Å². The molecule has 0 aliphatic carbocycles. The van der Waals surface area contributed by atoms with E-state index in [2.05, 4.69) is 0 Å². The summed E-state index contributed by atoms with van der Waals surface area (Å²) in [4.78, 5) is 11.3. The van der Waals surface area contributed by atoms with Crippen LogP contribution in [-0.2, 0) is 14.8 Å². The Balaban J connectivity index is 2.49. The maximum atomic E-state index is 13.0. The molecule has 0 unspecified atom stereocenters. The molecule has 0 atom stereocenters. The Kier molecular flexibility index (Phi) is 4.92. The van der Waals surface area contributed by atoms with E-state index < -0.39 is 34.1 Å². The van der Waals surface area contributed by atoms with Gasteiger partial charge in [-0.05, 0) is 48.5 Å². The monoisotopic (exact) mass is 341 g/mol. The summed E-state index contributed by atoms with van der Waals surface area (Å²) < 4.78 is 52.1. The number of carbonyl (C=O) groups excluding carboxylic acids is 1. The highest BCUT2D eigenvalue weighted by Gasteiger charge is 2.27. The van der Waals surface area contributed by atoms with Crippen LogP contribution in [0.15, 0.2) is 53.4 Å². The molecule has 0 fully saturated rings. The Morgan fingerprint density at radius 3 is 1.96 bits per heavy atom. The van der Waals surface area contributed by atoms with Crippen LogP contribution < -0.4 is 15.6 Å². The first-order chi connectivity index (χ1) is 10.8. The average Bonchev–Trinajstić information content (AvgIpc) is 2.53. The number of nitrogens with zero attached hydrogens (tertiary/aromatic N) is 1. The molecule has 0 aromatic heterocycles. The number of hydrazine groups is 1. The third-order valence-electron chi connectivity index (χ3n) is 2.96. The molecule has 122 valence electrons. The summed E-state index contributed by atoms with van der Waals surface area (Å²) in [5, 5.41) is 0. The molecule has 0 heterocycles. The first-order valence-electron chi connectivity index (χ1n) is 6.38. The zero-order valence-corrected chi connectivity index (χ0v) is 12.6. The van der Waals surface area contributed by atoms with Crippen LogP contribution in [0.2, 0.25) is 0 Å². The van der Waals surface area contributed by atoms with E-state index in [1.165, 1.54) is 12.1 Å². The summed E-state index contributed by atoms with van der Waals surface area (Å²) in [5.41, 5.74) is 1.90. The third-order valence-corrected chi connectivity index (χ3v) is 4.75. The van der Waals surface area contributed by atoms with Gasteiger partial charge in [-0.25, -0.2) is 23.0 Å². The van der Waals surface area contributed by atoms with Gasteiger partial charge in [-0.1, -0.05) is 0 Å². The van der Waals surface area contributed by atoms with Gasteiger partial charge in [-0.2, -0.15) is 0 Å². The number of rotatable bonds is 5. The first-order valence-corrected chi connectivity index (χ1v) is 7.82. The maximum Gasteiger partial charge on any atom is 0.264 e. The molecule has 0 saturated heterocycles. The quantitative estimate of drug-likeness (QED) is 0.485. The molecule has 0 radical (unpaired) electrons. The molecule has 23 heavy (non-hydrogen) atoms. The second-order valence-corrected chi connectivity index (χ2v) is 6.37. The van der Waals surface area contributed by atoms with Crippen molar-refractivity contribution in [3.63, 3.8) is 0 Å². The molecule has 2 aromatic rings. The maximum absolute atomic E-state index is 13.0. The summed E-state index contributed by atoms with van der Waals surface area (Å²) in [5.74, 6) is 3.07. The topological polar surface area (TPSA) is 92.5 Å². The Labute approximate surface area is 131 Å². The molecule has 0 aliphatic heterocycles. The normalized spacial score (nSPS) is 11.1. The van der Waals surface area contributed by atoms with Crippen molar-refractivity contribution < 1.29 is 22.0 Å². The van der Waals surface area contributed by atoms with E-state index in [1.807, 2.05) is 5.43 Å². The predicted octanol–water partition coefficient (Wildman–Crippen LogP) is 1.15. The van der Waals surface area contributed by atoms with Crippen LogP contribution in [0.3, 0.4) is 0 Å². The lowest BCUT2D eigenvalue weighted by Gasteiger charge is -2.23. The fraction of sp³-hybridized carbons (Fsp3) is 0.0714. The van der Waals surface area contributed by atoms with Crippen LogP contribution in [0.4, 0.5) is 14.5 Å². The molecular weight excluding hydrogens is 328 g/mol. The number of benzene rings is 2. The molecule has 6 nitrogen and oxygen atoms in total. The predicted molar refractivity (Wildman–Crippen MR) is 79.7 cm³/mol. The van der Waals surface area contributed by atoms with Gasteiger partial charge >= 0.3 is 0 Å². The molecule has 1 amide bonds. The van der Waals surface area contributed by atoms with Crippen molar-refractivity contribution >= 4 is 21.6 Å². The van der Waals surface area contributed by atoms with E-state index in [0.717, 1.165) is 40.7 Å². The van der Waals surface area contributed by atoms with E-state index in [4.69, 9.17) is 5.84 Å². The zero-order chi connectivity index (χ0) is 17.0. The highest BCUT2D eigenvalue weighted by Crippen LogP contribution is 2.24. The molecule has 9 heteroatoms. The fourth-order valence-corrected chi connectivity index (χ4v) is 3.25. The summed E-state index contributed by atoms with van der Waals surface area (Å²) in [6, 6.07) is 8.65. The van der Waals surface area contributed by atoms with Gasteiger partial charge in [0.15, 0.2) is 0 Å². The summed E-state index contributed by atoms with van der Waals surface area (Å²) in [6.45, 7) is -0.609. The van der Waals surface area contributed by atoms with Crippen LogP contribution in [0.5, 0.6) is 0 Å². The van der Waals surface area contributed by atoms with Crippen molar-refractivity contribution in [2.45, 2.75) is 4.90 Å². The van der Waals surface area contributed by atoms with E-state index >= 15 is 0 Å². The SMILES string of the molecule is NNC(=O)CN(c1ccc(F)cc1)S(=O)(=O)c1ccc(F)cc1. The Morgan fingerprint density at radius 1 is 1.00 bits per heavy atom. The minimum absolute atomic E-state index is 0.0688. The smallest absolute Gasteiger partial charge is 0.264 e. The second-order valence-electron chi connectivity index (χ2n) is 4.51. The molecule has 0 bridgehead atoms. The molecule has 0 aliphatic rings. The van der Waals surface area contributed by atoms with Crippen molar-refractivity contribution in [1.29, 1.82) is 0 Å². The minimum Gasteiger partial charge on any atom is -0.293 e. The van der Waals surface area contributed by atoms with Gasteiger partial charge in [-0.15, -0.1) is 0 Å². The number of sulfonamides is 1. The minimum atomic E-state index is -4.16. The first kappa shape index (κ1) is 16.8. The van der Waals surface area contributed by atoms with Crippen LogP contribution in [0.25, 0.3) is 0 Å². The van der Waals surface area contributed by atoms with E-state index in [-0.39, 0.29) is 10.6 Å². The lowest BCUT2D eigenvalue weighted by Crippen LogP contribution is -2.43. The second kappa shape index (κ2) is 6.71. The van der Waals surface area contributed by atoms with Gasteiger partial charge in [0, 0.05) is 0 Å². The van der Waals surface area contributed by atoms with Gasteiger partial charge in [0.1, 0.15) is 18.2 Å². The molecule has 2 rings (SSSR count). The number of hydrogen-bond donors (Lipinski definition) is 2. The van der Waals surface area contributed by atoms with E-state index in [9.17, 15) is 22.0 Å². The summed E-state index contributed by atoms with van der Waals surface area (Å²) in [7, 11) is -4.16. The summed E-state index contributed by atoms with van der Waals surface area (Å²) >= 11 is 0. The van der Waals surface area contributed by atoms with Crippen LogP contribution >= 0.6 is 0 Å². The van der Waals surface area contributed by atoms with Gasteiger partial charge < -0.3 is 0 Å². The Bertz CT molecular complexity index is 793. The molecular formula is C14H13F2N3O3S. The van der Waals surface area contributed by atoms with Gasteiger partial charge in [-0.3, -0.25) is 14.5 Å². The van der Waals surface area contributed by atoms with Gasteiger partial charge in [0.25, 0.3) is 15.9 Å². The largest absolute Gasteiger partial charge is 0.293 e. The Morgan fingerprint density at radius 2 is 1.48 bits per heavy atom. The molecule has 2 aromatic carbocycles. The number of amides is 1. The van der Waals surface area contributed by atoms with Crippen LogP contribution in [-0.4, -0.2) is 20.9 Å². The van der Waals surface area contributed by atoms with Crippen molar-refractivity contribution in [1.82, 2.24) is 5.43 Å². The number of hydrogen-bond acceptors (Lipinski definition) is 4. The molecule has 0 spiro atoms. The lowest BCUT2D eigenvalue weighted by molar-refractivity contribution is -0.119. The highest BCUT2D eigenvalue weighted by molar-refractivity contribution is 7.92. The van der Waals surface area contributed by atoms with Crippen molar-refractivity contribution in [2.75, 3.05) is 10.8 Å². The van der Waals surface area contributed by atoms with Crippen molar-refractivity contribution in [2.24, 2.45) is 5.84 Å². The summed E-state index contributed by atoms with van der Waals surface area (Å²) in [6.07, 6.45) is 0. The van der Waals surface area contributed by atoms with E-state index in [0.29, 0.717) is 0 Å². The number of nitrogens with two attached hydrogens (primary N) is 1. The number of anilines is 1. The van der Waals surface area contributed by atoms with Crippen LogP contribution in [0, 0.1) is 11.6 Å².